The van der Waals surface area contributed by atoms with Crippen molar-refractivity contribution in [3.8, 4) is 16.8 Å². The normalized spacial score (nSPS) is 14.8. The molecule has 0 radical (unpaired) electrons. The molecule has 1 saturated carbocycles. The summed E-state index contributed by atoms with van der Waals surface area (Å²) in [6.07, 6.45) is 14.4. The smallest absolute Gasteiger partial charge is 0.205 e. The summed E-state index contributed by atoms with van der Waals surface area (Å²) in [5.41, 5.74) is 5.06. The number of para-hydroxylation sites is 1. The number of aryl methyl sites for hydroxylation is 1. The molecule has 0 aliphatic heterocycles. The van der Waals surface area contributed by atoms with Crippen molar-refractivity contribution in [3.63, 3.8) is 0 Å². The number of hydrogen-bond acceptors (Lipinski definition) is 0. The molecule has 0 spiro atoms. The second-order valence-electron chi connectivity index (χ2n) is 7.21. The SMILES string of the molecule is Cc1ccccc1-[n+]1ccc(-c2cc[n+](CC3CCCC3)cc2)cc1. The van der Waals surface area contributed by atoms with E-state index >= 15 is 0 Å². The van der Waals surface area contributed by atoms with E-state index in [1.165, 1.54) is 54.6 Å². The molecule has 25 heavy (non-hydrogen) atoms. The van der Waals surface area contributed by atoms with Gasteiger partial charge in [0.25, 0.3) is 0 Å². The Morgan fingerprint density at radius 2 is 1.40 bits per heavy atom. The van der Waals surface area contributed by atoms with Crippen molar-refractivity contribution >= 4 is 0 Å². The van der Waals surface area contributed by atoms with Gasteiger partial charge in [-0.3, -0.25) is 0 Å². The lowest BCUT2D eigenvalue weighted by atomic mass is 10.1. The molecule has 1 aromatic carbocycles. The Hall–Kier alpha value is -2.48. The lowest BCUT2D eigenvalue weighted by Gasteiger charge is -2.05. The fourth-order valence-electron chi connectivity index (χ4n) is 3.90. The zero-order chi connectivity index (χ0) is 17.1. The molecule has 2 nitrogen and oxygen atoms in total. The van der Waals surface area contributed by atoms with E-state index in [1.54, 1.807) is 0 Å². The van der Waals surface area contributed by atoms with Gasteiger partial charge in [0.15, 0.2) is 31.3 Å². The van der Waals surface area contributed by atoms with Crippen LogP contribution in [0.1, 0.15) is 31.2 Å². The van der Waals surface area contributed by atoms with E-state index in [2.05, 4.69) is 89.4 Å². The number of rotatable bonds is 4. The molecule has 0 amide bonds. The minimum Gasteiger partial charge on any atom is -0.205 e. The van der Waals surface area contributed by atoms with Gasteiger partial charge in [-0.1, -0.05) is 31.0 Å². The second kappa shape index (κ2) is 7.18. The van der Waals surface area contributed by atoms with Crippen LogP contribution in [0.5, 0.6) is 0 Å². The van der Waals surface area contributed by atoms with Crippen molar-refractivity contribution in [1.29, 1.82) is 0 Å². The van der Waals surface area contributed by atoms with Gasteiger partial charge in [0.05, 0.1) is 0 Å². The highest BCUT2D eigenvalue weighted by atomic mass is 14.9. The first kappa shape index (κ1) is 16.0. The zero-order valence-electron chi connectivity index (χ0n) is 14.9. The predicted molar refractivity (Wildman–Crippen MR) is 100 cm³/mol. The summed E-state index contributed by atoms with van der Waals surface area (Å²) in [7, 11) is 0. The predicted octanol–water partition coefficient (Wildman–Crippen LogP) is 4.42. The second-order valence-corrected chi connectivity index (χ2v) is 7.21. The van der Waals surface area contributed by atoms with Crippen LogP contribution < -0.4 is 9.13 Å². The van der Waals surface area contributed by atoms with Gasteiger partial charge in [-0.2, -0.15) is 4.57 Å². The molecule has 0 bridgehead atoms. The fraction of sp³-hybridized carbons (Fsp3) is 0.304. The third-order valence-electron chi connectivity index (χ3n) is 5.39. The summed E-state index contributed by atoms with van der Waals surface area (Å²) < 4.78 is 4.53. The molecular weight excluding hydrogens is 304 g/mol. The molecule has 1 aliphatic rings. The maximum absolute atomic E-state index is 2.34. The van der Waals surface area contributed by atoms with Gasteiger partial charge in [0.1, 0.15) is 0 Å². The lowest BCUT2D eigenvalue weighted by molar-refractivity contribution is -0.703. The highest BCUT2D eigenvalue weighted by Gasteiger charge is 2.19. The van der Waals surface area contributed by atoms with Gasteiger partial charge in [-0.15, -0.1) is 0 Å². The minimum absolute atomic E-state index is 0.876. The topological polar surface area (TPSA) is 7.76 Å². The summed E-state index contributed by atoms with van der Waals surface area (Å²) in [6, 6.07) is 17.3. The van der Waals surface area contributed by atoms with Gasteiger partial charge >= 0.3 is 0 Å². The van der Waals surface area contributed by atoms with E-state index < -0.39 is 0 Å². The molecular formula is C23H26N2+2. The van der Waals surface area contributed by atoms with Gasteiger partial charge in [-0.25, -0.2) is 4.57 Å². The Labute approximate surface area is 150 Å². The standard InChI is InChI=1S/C23H26N2/c1-19-6-2-5-9-23(19)25-16-12-22(13-17-25)21-10-14-24(15-11-21)18-20-7-3-4-8-20/h2,5-6,9-17,20H,3-4,7-8,18H2,1H3/q+2. The molecule has 0 N–H and O–H groups in total. The Kier molecular flexibility index (Phi) is 4.60. The molecule has 2 heteroatoms. The van der Waals surface area contributed by atoms with Crippen molar-refractivity contribution < 1.29 is 9.13 Å². The Bertz CT molecular complexity index is 829. The van der Waals surface area contributed by atoms with E-state index in [0.29, 0.717) is 0 Å². The van der Waals surface area contributed by atoms with Gasteiger partial charge in [0.2, 0.25) is 5.69 Å². The first-order valence-electron chi connectivity index (χ1n) is 9.36. The van der Waals surface area contributed by atoms with Crippen LogP contribution in [0.25, 0.3) is 16.8 Å². The fourth-order valence-corrected chi connectivity index (χ4v) is 3.90. The highest BCUT2D eigenvalue weighted by Crippen LogP contribution is 2.24. The molecule has 0 unspecified atom stereocenters. The van der Waals surface area contributed by atoms with E-state index in [0.717, 1.165) is 5.92 Å². The molecule has 1 aliphatic carbocycles. The summed E-state index contributed by atoms with van der Waals surface area (Å²) in [6.45, 7) is 3.32. The maximum atomic E-state index is 2.34. The molecule has 4 rings (SSSR count). The minimum atomic E-state index is 0.876. The van der Waals surface area contributed by atoms with Crippen LogP contribution >= 0.6 is 0 Å². The van der Waals surface area contributed by atoms with Crippen molar-refractivity contribution in [2.75, 3.05) is 0 Å². The van der Waals surface area contributed by atoms with Crippen LogP contribution in [-0.2, 0) is 6.54 Å². The molecule has 3 aromatic rings. The monoisotopic (exact) mass is 330 g/mol. The Morgan fingerprint density at radius 1 is 0.800 bits per heavy atom. The number of hydrogen-bond donors (Lipinski definition) is 0. The van der Waals surface area contributed by atoms with E-state index in [-0.39, 0.29) is 0 Å². The van der Waals surface area contributed by atoms with Crippen LogP contribution in [0, 0.1) is 12.8 Å². The van der Waals surface area contributed by atoms with Gasteiger partial charge in [0, 0.05) is 41.8 Å². The van der Waals surface area contributed by atoms with Gasteiger partial charge < -0.3 is 0 Å². The Balaban J connectivity index is 1.51. The quantitative estimate of drug-likeness (QED) is 0.626. The first-order chi connectivity index (χ1) is 12.3. The van der Waals surface area contributed by atoms with Crippen molar-refractivity contribution in [2.24, 2.45) is 5.92 Å². The number of aromatic nitrogens is 2. The summed E-state index contributed by atoms with van der Waals surface area (Å²) in [5, 5.41) is 0. The highest BCUT2D eigenvalue weighted by molar-refractivity contribution is 5.61. The van der Waals surface area contributed by atoms with E-state index in [9.17, 15) is 0 Å². The number of pyridine rings is 2. The summed E-state index contributed by atoms with van der Waals surface area (Å²) in [5.74, 6) is 0.876. The molecule has 126 valence electrons. The van der Waals surface area contributed by atoms with Crippen molar-refractivity contribution in [1.82, 2.24) is 0 Å². The lowest BCUT2D eigenvalue weighted by Crippen LogP contribution is -2.36. The van der Waals surface area contributed by atoms with E-state index in [1.807, 2.05) is 0 Å². The maximum Gasteiger partial charge on any atom is 0.213 e. The van der Waals surface area contributed by atoms with Gasteiger partial charge in [-0.05, 0) is 30.9 Å². The van der Waals surface area contributed by atoms with Crippen LogP contribution in [0.3, 0.4) is 0 Å². The third kappa shape index (κ3) is 3.63. The van der Waals surface area contributed by atoms with Crippen LogP contribution in [0.2, 0.25) is 0 Å². The largest absolute Gasteiger partial charge is 0.213 e. The van der Waals surface area contributed by atoms with E-state index in [4.69, 9.17) is 0 Å². The average molecular weight is 330 g/mol. The zero-order valence-corrected chi connectivity index (χ0v) is 14.9. The van der Waals surface area contributed by atoms with Crippen LogP contribution in [0.4, 0.5) is 0 Å². The van der Waals surface area contributed by atoms with Crippen LogP contribution in [0.15, 0.2) is 73.3 Å². The first-order valence-corrected chi connectivity index (χ1v) is 9.36. The van der Waals surface area contributed by atoms with Crippen molar-refractivity contribution in [2.45, 2.75) is 39.2 Å². The molecule has 2 aromatic heterocycles. The third-order valence-corrected chi connectivity index (χ3v) is 5.39. The molecule has 0 atom stereocenters. The summed E-state index contributed by atoms with van der Waals surface area (Å²) >= 11 is 0. The number of benzene rings is 1. The summed E-state index contributed by atoms with van der Waals surface area (Å²) in [4.78, 5) is 0. The molecule has 1 fully saturated rings. The van der Waals surface area contributed by atoms with Crippen molar-refractivity contribution in [3.05, 3.63) is 78.9 Å². The van der Waals surface area contributed by atoms with Crippen LogP contribution in [-0.4, -0.2) is 0 Å². The molecule has 2 heterocycles. The average Bonchev–Trinajstić information content (AvgIpc) is 3.16. The Morgan fingerprint density at radius 3 is 2.04 bits per heavy atom. The number of nitrogens with zero attached hydrogens (tertiary/aromatic N) is 2. The molecule has 0 saturated heterocycles.